The molecule has 5 aromatic rings. The minimum absolute atomic E-state index is 0.160. The zero-order chi connectivity index (χ0) is 31.1. The maximum atomic E-state index is 14.2. The maximum Gasteiger partial charge on any atom is 0.274 e. The summed E-state index contributed by atoms with van der Waals surface area (Å²) in [5.74, 6) is 0.275. The number of rotatable bonds is 6. The summed E-state index contributed by atoms with van der Waals surface area (Å²) in [5.41, 5.74) is 5.99. The van der Waals surface area contributed by atoms with Crippen LogP contribution >= 0.6 is 0 Å². The van der Waals surface area contributed by atoms with E-state index in [9.17, 15) is 14.3 Å². The molecule has 0 saturated carbocycles. The van der Waals surface area contributed by atoms with Gasteiger partial charge in [0.05, 0.1) is 30.1 Å². The fraction of sp³-hybridized carbons (Fsp3) is 0.364. The van der Waals surface area contributed by atoms with Gasteiger partial charge in [0.25, 0.3) is 5.91 Å². The van der Waals surface area contributed by atoms with Gasteiger partial charge in [-0.05, 0) is 66.9 Å². The number of hydrogen-bond donors (Lipinski definition) is 3. The Morgan fingerprint density at radius 1 is 1.04 bits per heavy atom. The molecule has 1 fully saturated rings. The van der Waals surface area contributed by atoms with Gasteiger partial charge in [0, 0.05) is 43.7 Å². The van der Waals surface area contributed by atoms with Crippen molar-refractivity contribution in [1.82, 2.24) is 39.9 Å². The Bertz CT molecular complexity index is 1870. The van der Waals surface area contributed by atoms with Crippen LogP contribution in [0.1, 0.15) is 47.7 Å². The summed E-state index contributed by atoms with van der Waals surface area (Å²) in [6.07, 6.45) is 5.67. The molecule has 3 aromatic heterocycles. The van der Waals surface area contributed by atoms with Crippen LogP contribution in [-0.4, -0.2) is 90.2 Å². The Morgan fingerprint density at radius 3 is 2.73 bits per heavy atom. The third-order valence-electron chi connectivity index (χ3n) is 8.99. The number of benzene rings is 2. The van der Waals surface area contributed by atoms with Crippen molar-refractivity contribution < 1.29 is 14.3 Å². The molecule has 7 rings (SSSR count). The van der Waals surface area contributed by atoms with Crippen molar-refractivity contribution >= 4 is 22.6 Å². The Kier molecular flexibility index (Phi) is 7.66. The standard InChI is InChI=1S/C33H36FN9O2/c1-3-20-15-29(44)24(34)16-23(20)21-6-7-22-26(14-21)39-40-31(22)32-37-25-8-11-43(19-28(25)38-32)33(45)27-17-36-30(18-35-27)42-10-5-9-41(4-2)12-13-42/h6-7,14-18,44H,3-5,8-13,19H2,1-2H3,(H,37,38)(H,39,40). The Hall–Kier alpha value is -4.84. The number of aromatic amines is 2. The van der Waals surface area contributed by atoms with Gasteiger partial charge in [0.15, 0.2) is 17.4 Å². The van der Waals surface area contributed by atoms with Crippen LogP contribution in [0.5, 0.6) is 5.75 Å². The number of likely N-dealkylation sites (N-methyl/N-ethyl adjacent to an activating group) is 1. The van der Waals surface area contributed by atoms with E-state index in [1.165, 1.54) is 12.1 Å². The number of halogens is 1. The minimum Gasteiger partial charge on any atom is -0.505 e. The van der Waals surface area contributed by atoms with Crippen molar-refractivity contribution in [3.8, 4) is 28.4 Å². The van der Waals surface area contributed by atoms with E-state index < -0.39 is 5.82 Å². The lowest BCUT2D eigenvalue weighted by Crippen LogP contribution is -2.36. The summed E-state index contributed by atoms with van der Waals surface area (Å²) in [7, 11) is 0. The largest absolute Gasteiger partial charge is 0.505 e. The van der Waals surface area contributed by atoms with Crippen molar-refractivity contribution in [3.63, 3.8) is 0 Å². The number of aromatic nitrogens is 6. The van der Waals surface area contributed by atoms with Crippen LogP contribution in [0.3, 0.4) is 0 Å². The first-order chi connectivity index (χ1) is 21.9. The third kappa shape index (κ3) is 5.50. The second kappa shape index (κ2) is 11.9. The first-order valence-corrected chi connectivity index (χ1v) is 15.6. The number of anilines is 1. The van der Waals surface area contributed by atoms with Gasteiger partial charge in [-0.3, -0.25) is 9.89 Å². The van der Waals surface area contributed by atoms with E-state index in [0.29, 0.717) is 43.1 Å². The van der Waals surface area contributed by atoms with Crippen LogP contribution in [0, 0.1) is 5.82 Å². The number of imidazole rings is 1. The molecule has 2 aliphatic heterocycles. The number of aromatic hydroxyl groups is 1. The molecule has 3 N–H and O–H groups in total. The predicted octanol–water partition coefficient (Wildman–Crippen LogP) is 4.55. The Labute approximate surface area is 260 Å². The van der Waals surface area contributed by atoms with Crippen molar-refractivity contribution in [1.29, 1.82) is 0 Å². The Balaban J connectivity index is 1.07. The van der Waals surface area contributed by atoms with E-state index in [4.69, 9.17) is 4.98 Å². The number of aryl methyl sites for hydroxylation is 1. The number of phenols is 1. The van der Waals surface area contributed by atoms with Crippen LogP contribution in [0.2, 0.25) is 0 Å². The molecule has 11 nitrogen and oxygen atoms in total. The van der Waals surface area contributed by atoms with Gasteiger partial charge >= 0.3 is 0 Å². The second-order valence-electron chi connectivity index (χ2n) is 11.7. The molecule has 45 heavy (non-hydrogen) atoms. The highest BCUT2D eigenvalue weighted by molar-refractivity contribution is 5.94. The van der Waals surface area contributed by atoms with Crippen LogP contribution in [-0.2, 0) is 19.4 Å². The number of fused-ring (bicyclic) bond motifs is 2. The van der Waals surface area contributed by atoms with Crippen LogP contribution in [0.4, 0.5) is 10.2 Å². The van der Waals surface area contributed by atoms with Gasteiger partial charge in [-0.15, -0.1) is 0 Å². The number of phenolic OH excluding ortho intramolecular Hbond substituents is 1. The van der Waals surface area contributed by atoms with Gasteiger partial charge < -0.3 is 24.8 Å². The number of amides is 1. The van der Waals surface area contributed by atoms with Crippen molar-refractivity contribution in [2.75, 3.05) is 44.2 Å². The lowest BCUT2D eigenvalue weighted by atomic mass is 9.96. The molecule has 2 aliphatic rings. The molecule has 0 radical (unpaired) electrons. The number of H-pyrrole nitrogens is 2. The summed E-state index contributed by atoms with van der Waals surface area (Å²) in [6, 6.07) is 8.65. The summed E-state index contributed by atoms with van der Waals surface area (Å²) < 4.78 is 14.2. The fourth-order valence-electron chi connectivity index (χ4n) is 6.38. The number of nitrogens with one attached hydrogen (secondary N) is 2. The van der Waals surface area contributed by atoms with E-state index in [1.807, 2.05) is 25.1 Å². The van der Waals surface area contributed by atoms with Gasteiger partial charge in [-0.1, -0.05) is 19.9 Å². The molecule has 2 aromatic carbocycles. The minimum atomic E-state index is -0.651. The van der Waals surface area contributed by atoms with Crippen molar-refractivity contribution in [3.05, 3.63) is 71.2 Å². The molecule has 0 unspecified atom stereocenters. The first kappa shape index (κ1) is 28.9. The van der Waals surface area contributed by atoms with Gasteiger partial charge in [-0.2, -0.15) is 5.10 Å². The number of carbonyl (C=O) groups is 1. The molecule has 5 heterocycles. The fourth-order valence-corrected chi connectivity index (χ4v) is 6.38. The summed E-state index contributed by atoms with van der Waals surface area (Å²) in [5, 5.41) is 18.3. The smallest absolute Gasteiger partial charge is 0.274 e. The molecular weight excluding hydrogens is 573 g/mol. The predicted molar refractivity (Wildman–Crippen MR) is 170 cm³/mol. The summed E-state index contributed by atoms with van der Waals surface area (Å²) in [6.45, 7) is 10.0. The van der Waals surface area contributed by atoms with Crippen LogP contribution in [0.15, 0.2) is 42.7 Å². The zero-order valence-electron chi connectivity index (χ0n) is 25.5. The normalized spacial score (nSPS) is 15.8. The first-order valence-electron chi connectivity index (χ1n) is 15.6. The van der Waals surface area contributed by atoms with Gasteiger partial charge in [-0.25, -0.2) is 19.3 Å². The molecule has 1 saturated heterocycles. The van der Waals surface area contributed by atoms with E-state index in [-0.39, 0.29) is 11.7 Å². The third-order valence-corrected chi connectivity index (χ3v) is 8.99. The monoisotopic (exact) mass is 609 g/mol. The van der Waals surface area contributed by atoms with Gasteiger partial charge in [0.2, 0.25) is 0 Å². The average molecular weight is 610 g/mol. The maximum absolute atomic E-state index is 14.2. The second-order valence-corrected chi connectivity index (χ2v) is 11.7. The van der Waals surface area contributed by atoms with Crippen molar-refractivity contribution in [2.24, 2.45) is 0 Å². The SMILES string of the molecule is CCc1cc(O)c(F)cc1-c1ccc2c(-c3nc4c([nH]3)CCN(C(=O)c3cnc(N5CCCN(CC)CC5)cn3)C4)n[nH]c2c1. The highest BCUT2D eigenvalue weighted by atomic mass is 19.1. The molecule has 0 atom stereocenters. The topological polar surface area (TPSA) is 130 Å². The highest BCUT2D eigenvalue weighted by Crippen LogP contribution is 2.34. The molecular formula is C33H36FN9O2. The summed E-state index contributed by atoms with van der Waals surface area (Å²) in [4.78, 5) is 37.2. The van der Waals surface area contributed by atoms with E-state index in [0.717, 1.165) is 83.9 Å². The number of carbonyl (C=O) groups excluding carboxylic acids is 1. The number of hydrogen-bond acceptors (Lipinski definition) is 8. The molecule has 0 aliphatic carbocycles. The van der Waals surface area contributed by atoms with Crippen LogP contribution < -0.4 is 4.90 Å². The van der Waals surface area contributed by atoms with Crippen LogP contribution in [0.25, 0.3) is 33.5 Å². The van der Waals surface area contributed by atoms with Gasteiger partial charge in [0.1, 0.15) is 17.2 Å². The zero-order valence-corrected chi connectivity index (χ0v) is 25.5. The molecule has 12 heteroatoms. The molecule has 0 spiro atoms. The van der Waals surface area contributed by atoms with E-state index in [1.54, 1.807) is 17.3 Å². The lowest BCUT2D eigenvalue weighted by molar-refractivity contribution is 0.0725. The van der Waals surface area contributed by atoms with E-state index >= 15 is 0 Å². The van der Waals surface area contributed by atoms with Crippen molar-refractivity contribution in [2.45, 2.75) is 39.7 Å². The Morgan fingerprint density at radius 2 is 1.93 bits per heavy atom. The lowest BCUT2D eigenvalue weighted by Gasteiger charge is -2.26. The average Bonchev–Trinajstić information content (AvgIpc) is 3.61. The summed E-state index contributed by atoms with van der Waals surface area (Å²) >= 11 is 0. The number of nitrogens with zero attached hydrogens (tertiary/aromatic N) is 7. The van der Waals surface area contributed by atoms with E-state index in [2.05, 4.69) is 41.9 Å². The quantitative estimate of drug-likeness (QED) is 0.256. The molecule has 232 valence electrons. The highest BCUT2D eigenvalue weighted by Gasteiger charge is 2.27. The molecule has 1 amide bonds. The molecule has 0 bridgehead atoms.